The van der Waals surface area contributed by atoms with E-state index in [1.165, 1.54) is 4.90 Å². The highest BCUT2D eigenvalue weighted by Crippen LogP contribution is 2.39. The Bertz CT molecular complexity index is 1170. The second-order valence-electron chi connectivity index (χ2n) is 10.6. The van der Waals surface area contributed by atoms with Crippen molar-refractivity contribution in [1.82, 2.24) is 10.2 Å². The number of rotatable bonds is 7. The molecule has 2 atom stereocenters. The highest BCUT2D eigenvalue weighted by atomic mass is 16.6. The Morgan fingerprint density at radius 3 is 2.32 bits per heavy atom. The summed E-state index contributed by atoms with van der Waals surface area (Å²) in [4.78, 5) is 45.1. The Kier molecular flexibility index (Phi) is 8.41. The summed E-state index contributed by atoms with van der Waals surface area (Å²) in [6, 6.07) is 15.8. The van der Waals surface area contributed by atoms with Crippen LogP contribution in [0.15, 0.2) is 59.6 Å². The van der Waals surface area contributed by atoms with Crippen LogP contribution in [0.3, 0.4) is 0 Å². The standard InChI is InChI=1S/C29H37N3O5/c1-8-36-24(33)22-14-12-13-21(17-22)20(4)32-25(34)29(18-19(2)3,23-15-10-9-11-16-23)31-26(32)30-27(35)37-28(5,6)7/h9-17,19-20H,8,18H2,1-7H3,(H,30,31,35)/t20-,29+/m1/s1. The number of nitrogens with zero attached hydrogens (tertiary/aromatic N) is 2. The van der Waals surface area contributed by atoms with E-state index in [2.05, 4.69) is 10.3 Å². The van der Waals surface area contributed by atoms with E-state index in [1.807, 2.05) is 57.2 Å². The van der Waals surface area contributed by atoms with E-state index in [0.717, 1.165) is 5.56 Å². The van der Waals surface area contributed by atoms with E-state index < -0.39 is 29.2 Å². The number of ether oxygens (including phenoxy) is 2. The summed E-state index contributed by atoms with van der Waals surface area (Å²) in [6.07, 6.45) is -0.316. The van der Waals surface area contributed by atoms with Gasteiger partial charge in [-0.1, -0.05) is 56.3 Å². The van der Waals surface area contributed by atoms with E-state index >= 15 is 0 Å². The lowest BCUT2D eigenvalue weighted by molar-refractivity contribution is -0.133. The molecule has 3 rings (SSSR count). The summed E-state index contributed by atoms with van der Waals surface area (Å²) < 4.78 is 10.6. The van der Waals surface area contributed by atoms with Gasteiger partial charge in [0.05, 0.1) is 18.2 Å². The van der Waals surface area contributed by atoms with Crippen LogP contribution in [0.5, 0.6) is 0 Å². The molecule has 0 aliphatic carbocycles. The maximum atomic E-state index is 14.3. The van der Waals surface area contributed by atoms with Crippen LogP contribution in [-0.4, -0.2) is 41.0 Å². The molecule has 8 nitrogen and oxygen atoms in total. The lowest BCUT2D eigenvalue weighted by atomic mass is 9.82. The second-order valence-corrected chi connectivity index (χ2v) is 10.6. The molecule has 0 saturated carbocycles. The third kappa shape index (κ3) is 6.37. The van der Waals surface area contributed by atoms with Gasteiger partial charge in [0, 0.05) is 0 Å². The molecule has 1 N–H and O–H groups in total. The van der Waals surface area contributed by atoms with E-state index in [9.17, 15) is 14.4 Å². The largest absolute Gasteiger partial charge is 0.462 e. The average Bonchev–Trinajstić information content (AvgIpc) is 3.09. The van der Waals surface area contributed by atoms with Gasteiger partial charge in [0.2, 0.25) is 5.96 Å². The molecule has 1 saturated heterocycles. The van der Waals surface area contributed by atoms with Crippen LogP contribution in [0, 0.1) is 5.92 Å². The molecule has 0 bridgehead atoms. The van der Waals surface area contributed by atoms with Crippen LogP contribution in [0.4, 0.5) is 4.79 Å². The molecule has 8 heteroatoms. The van der Waals surface area contributed by atoms with Gasteiger partial charge >= 0.3 is 12.1 Å². The van der Waals surface area contributed by atoms with Gasteiger partial charge in [-0.25, -0.2) is 9.59 Å². The van der Waals surface area contributed by atoms with Crippen molar-refractivity contribution < 1.29 is 23.9 Å². The molecular weight excluding hydrogens is 470 g/mol. The summed E-state index contributed by atoms with van der Waals surface area (Å²) in [7, 11) is 0. The fourth-order valence-corrected chi connectivity index (χ4v) is 4.49. The van der Waals surface area contributed by atoms with Gasteiger partial charge < -0.3 is 14.8 Å². The molecule has 1 aliphatic heterocycles. The Labute approximate surface area is 219 Å². The van der Waals surface area contributed by atoms with Gasteiger partial charge in [0.25, 0.3) is 5.91 Å². The number of carbonyl (C=O) groups excluding carboxylic acids is 3. The lowest BCUT2D eigenvalue weighted by Gasteiger charge is -2.30. The summed E-state index contributed by atoms with van der Waals surface area (Å²) >= 11 is 0. The monoisotopic (exact) mass is 507 g/mol. The quantitative estimate of drug-likeness (QED) is 0.491. The minimum Gasteiger partial charge on any atom is -0.462 e. The molecule has 0 unspecified atom stereocenters. The molecule has 0 aromatic heterocycles. The third-order valence-electron chi connectivity index (χ3n) is 5.98. The fourth-order valence-electron chi connectivity index (χ4n) is 4.49. The van der Waals surface area contributed by atoms with E-state index in [0.29, 0.717) is 17.5 Å². The third-order valence-corrected chi connectivity index (χ3v) is 5.98. The number of nitrogens with one attached hydrogen (secondary N) is 1. The van der Waals surface area contributed by atoms with Gasteiger partial charge in [0.1, 0.15) is 11.1 Å². The fraction of sp³-hybridized carbons (Fsp3) is 0.448. The van der Waals surface area contributed by atoms with Gasteiger partial charge in [0.15, 0.2) is 0 Å². The van der Waals surface area contributed by atoms with E-state index in [-0.39, 0.29) is 24.4 Å². The number of amides is 2. The molecule has 198 valence electrons. The van der Waals surface area contributed by atoms with Gasteiger partial charge in [-0.05, 0) is 70.2 Å². The van der Waals surface area contributed by atoms with Crippen LogP contribution in [0.25, 0.3) is 0 Å². The van der Waals surface area contributed by atoms with Crippen molar-refractivity contribution in [1.29, 1.82) is 0 Å². The Morgan fingerprint density at radius 2 is 1.73 bits per heavy atom. The molecule has 2 aromatic rings. The SMILES string of the molecule is CCOC(=O)c1cccc([C@@H](C)N2C(=O)[C@](CC(C)C)(c3ccccc3)N/C2=N/C(=O)OC(C)(C)C)c1. The number of aliphatic imine (C=N–C) groups is 1. The van der Waals surface area contributed by atoms with E-state index in [4.69, 9.17) is 9.47 Å². The molecule has 1 heterocycles. The predicted molar refractivity (Wildman–Crippen MR) is 142 cm³/mol. The zero-order valence-electron chi connectivity index (χ0n) is 22.7. The number of guanidine groups is 1. The van der Waals surface area contributed by atoms with Crippen LogP contribution in [-0.2, 0) is 19.8 Å². The minimum atomic E-state index is -1.12. The number of carbonyl (C=O) groups is 3. The maximum Gasteiger partial charge on any atom is 0.437 e. The molecule has 2 aromatic carbocycles. The van der Waals surface area contributed by atoms with Crippen molar-refractivity contribution in [3.8, 4) is 0 Å². The molecule has 1 aliphatic rings. The van der Waals surface area contributed by atoms with Crippen molar-refractivity contribution in [2.24, 2.45) is 10.9 Å². The summed E-state index contributed by atoms with van der Waals surface area (Å²) in [6.45, 7) is 13.2. The van der Waals surface area contributed by atoms with Crippen molar-refractivity contribution in [3.05, 3.63) is 71.3 Å². The summed E-state index contributed by atoms with van der Waals surface area (Å²) in [5, 5.41) is 3.31. The Hall–Kier alpha value is -3.68. The number of esters is 1. The van der Waals surface area contributed by atoms with Gasteiger partial charge in [-0.3, -0.25) is 9.69 Å². The van der Waals surface area contributed by atoms with Crippen molar-refractivity contribution >= 4 is 23.9 Å². The van der Waals surface area contributed by atoms with Gasteiger partial charge in [-0.15, -0.1) is 4.99 Å². The molecule has 0 spiro atoms. The maximum absolute atomic E-state index is 14.3. The zero-order chi connectivity index (χ0) is 27.4. The second kappa shape index (κ2) is 11.2. The van der Waals surface area contributed by atoms with Crippen molar-refractivity contribution in [2.75, 3.05) is 6.61 Å². The summed E-state index contributed by atoms with van der Waals surface area (Å²) in [5.41, 5.74) is -0.00849. The van der Waals surface area contributed by atoms with Gasteiger partial charge in [-0.2, -0.15) is 0 Å². The highest BCUT2D eigenvalue weighted by Gasteiger charge is 2.53. The number of benzene rings is 2. The first-order chi connectivity index (χ1) is 17.4. The van der Waals surface area contributed by atoms with Crippen molar-refractivity contribution in [3.63, 3.8) is 0 Å². The number of hydrogen-bond acceptors (Lipinski definition) is 5. The highest BCUT2D eigenvalue weighted by molar-refractivity contribution is 6.11. The first kappa shape index (κ1) is 27.9. The predicted octanol–water partition coefficient (Wildman–Crippen LogP) is 5.59. The molecule has 0 radical (unpaired) electrons. The normalized spacial score (nSPS) is 19.6. The molecular formula is C29H37N3O5. The molecule has 37 heavy (non-hydrogen) atoms. The van der Waals surface area contributed by atoms with Crippen molar-refractivity contribution in [2.45, 2.75) is 72.1 Å². The number of hydrogen-bond donors (Lipinski definition) is 1. The van der Waals surface area contributed by atoms with Crippen LogP contribution < -0.4 is 5.32 Å². The van der Waals surface area contributed by atoms with Crippen LogP contribution in [0.2, 0.25) is 0 Å². The first-order valence-corrected chi connectivity index (χ1v) is 12.6. The minimum absolute atomic E-state index is 0.109. The lowest BCUT2D eigenvalue weighted by Crippen LogP contribution is -2.45. The molecule has 1 fully saturated rings. The smallest absolute Gasteiger partial charge is 0.437 e. The summed E-state index contributed by atoms with van der Waals surface area (Å²) in [5.74, 6) is -0.410. The van der Waals surface area contributed by atoms with E-state index in [1.54, 1.807) is 45.9 Å². The molecule has 2 amide bonds. The zero-order valence-corrected chi connectivity index (χ0v) is 22.7. The average molecular weight is 508 g/mol. The Balaban J connectivity index is 2.13. The Morgan fingerprint density at radius 1 is 1.05 bits per heavy atom. The van der Waals surface area contributed by atoms with Crippen LogP contribution in [0.1, 0.15) is 82.4 Å². The van der Waals surface area contributed by atoms with Crippen LogP contribution >= 0.6 is 0 Å². The first-order valence-electron chi connectivity index (χ1n) is 12.6. The topological polar surface area (TPSA) is 97.3 Å².